The fourth-order valence-electron chi connectivity index (χ4n) is 2.08. The van der Waals surface area contributed by atoms with E-state index in [-0.39, 0.29) is 13.6 Å². The highest BCUT2D eigenvalue weighted by Crippen LogP contribution is 2.30. The predicted octanol–water partition coefficient (Wildman–Crippen LogP) is 4.84. The summed E-state index contributed by atoms with van der Waals surface area (Å²) in [5.41, 5.74) is 0.766. The lowest BCUT2D eigenvalue weighted by molar-refractivity contribution is -0.137. The van der Waals surface area contributed by atoms with E-state index in [4.69, 9.17) is 18.9 Å². The second-order valence-corrected chi connectivity index (χ2v) is 5.26. The molecule has 4 nitrogen and oxygen atoms in total. The Morgan fingerprint density at radius 2 is 1.31 bits per heavy atom. The van der Waals surface area contributed by atoms with Crippen LogP contribution in [0.5, 0.6) is 11.5 Å². The van der Waals surface area contributed by atoms with Crippen molar-refractivity contribution in [1.29, 1.82) is 0 Å². The number of benzene rings is 2. The van der Waals surface area contributed by atoms with Gasteiger partial charge in [0.05, 0.1) is 5.56 Å². The Morgan fingerprint density at radius 3 is 1.88 bits per heavy atom. The van der Waals surface area contributed by atoms with Crippen molar-refractivity contribution in [3.05, 3.63) is 59.2 Å². The first-order chi connectivity index (χ1) is 12.4. The molecule has 7 heteroatoms. The summed E-state index contributed by atoms with van der Waals surface area (Å²) in [5, 5.41) is 0. The van der Waals surface area contributed by atoms with Crippen molar-refractivity contribution in [1.82, 2.24) is 0 Å². The fraction of sp³-hybridized carbons (Fsp3) is 0.263. The normalized spacial score (nSPS) is 11.7. The van der Waals surface area contributed by atoms with Crippen LogP contribution in [0.4, 0.5) is 13.2 Å². The molecular weight excluding hydrogens is 349 g/mol. The molecule has 0 unspecified atom stereocenters. The molecule has 0 bridgehead atoms. The number of hydrogen-bond acceptors (Lipinski definition) is 4. The molecule has 2 aromatic rings. The Bertz CT molecular complexity index is 725. The van der Waals surface area contributed by atoms with Gasteiger partial charge in [-0.2, -0.15) is 13.2 Å². The Balaban J connectivity index is 2.15. The molecule has 0 aliphatic rings. The van der Waals surface area contributed by atoms with Gasteiger partial charge in [0, 0.05) is 14.2 Å². The van der Waals surface area contributed by atoms with Crippen LogP contribution < -0.4 is 9.47 Å². The van der Waals surface area contributed by atoms with Gasteiger partial charge in [-0.25, -0.2) is 0 Å². The van der Waals surface area contributed by atoms with E-state index in [9.17, 15) is 13.2 Å². The molecule has 0 amide bonds. The van der Waals surface area contributed by atoms with Crippen LogP contribution in [-0.4, -0.2) is 27.8 Å². The van der Waals surface area contributed by atoms with Crippen molar-refractivity contribution in [3.63, 3.8) is 0 Å². The van der Waals surface area contributed by atoms with Crippen molar-refractivity contribution in [3.8, 4) is 11.5 Å². The molecule has 140 valence electrons. The van der Waals surface area contributed by atoms with E-state index in [1.54, 1.807) is 30.4 Å². The van der Waals surface area contributed by atoms with E-state index in [0.717, 1.165) is 17.7 Å². The fourth-order valence-corrected chi connectivity index (χ4v) is 2.08. The van der Waals surface area contributed by atoms with Crippen molar-refractivity contribution in [2.75, 3.05) is 27.8 Å². The molecule has 0 aliphatic carbocycles. The molecule has 0 aromatic heterocycles. The highest BCUT2D eigenvalue weighted by atomic mass is 19.4. The molecule has 0 atom stereocenters. The molecule has 2 rings (SSSR count). The van der Waals surface area contributed by atoms with Gasteiger partial charge in [0.15, 0.2) is 25.1 Å². The summed E-state index contributed by atoms with van der Waals surface area (Å²) in [4.78, 5) is 0. The van der Waals surface area contributed by atoms with E-state index in [2.05, 4.69) is 0 Å². The number of ether oxygens (including phenoxy) is 4. The summed E-state index contributed by atoms with van der Waals surface area (Å²) < 4.78 is 58.4. The number of methoxy groups -OCH3 is 2. The Morgan fingerprint density at radius 1 is 0.769 bits per heavy atom. The smallest absolute Gasteiger partial charge is 0.416 e. The Hall–Kier alpha value is -2.51. The summed E-state index contributed by atoms with van der Waals surface area (Å²) in [6.07, 6.45) is -0.860. The minimum atomic E-state index is -4.34. The third-order valence-electron chi connectivity index (χ3n) is 3.34. The lowest BCUT2D eigenvalue weighted by Crippen LogP contribution is -2.04. The zero-order valence-electron chi connectivity index (χ0n) is 14.4. The van der Waals surface area contributed by atoms with E-state index >= 15 is 0 Å². The molecule has 0 spiro atoms. The molecule has 0 aliphatic heterocycles. The second kappa shape index (κ2) is 9.26. The first-order valence-electron chi connectivity index (χ1n) is 7.67. The quantitative estimate of drug-likeness (QED) is 0.493. The predicted molar refractivity (Wildman–Crippen MR) is 91.8 cm³/mol. The lowest BCUT2D eigenvalue weighted by atomic mass is 10.1. The molecule has 0 saturated heterocycles. The van der Waals surface area contributed by atoms with Gasteiger partial charge in [-0.15, -0.1) is 0 Å². The molecular formula is C19H19F3O4. The minimum Gasteiger partial charge on any atom is -0.464 e. The number of hydrogen-bond donors (Lipinski definition) is 0. The van der Waals surface area contributed by atoms with Crippen LogP contribution in [0.2, 0.25) is 0 Å². The van der Waals surface area contributed by atoms with Crippen molar-refractivity contribution >= 4 is 12.2 Å². The molecule has 26 heavy (non-hydrogen) atoms. The number of alkyl halides is 3. The molecule has 0 saturated carbocycles. The van der Waals surface area contributed by atoms with Crippen LogP contribution in [0.1, 0.15) is 16.7 Å². The maximum atomic E-state index is 12.6. The maximum Gasteiger partial charge on any atom is 0.416 e. The first-order valence-corrected chi connectivity index (χ1v) is 7.67. The van der Waals surface area contributed by atoms with Gasteiger partial charge in [-0.05, 0) is 35.4 Å². The van der Waals surface area contributed by atoms with Crippen LogP contribution >= 0.6 is 0 Å². The third-order valence-corrected chi connectivity index (χ3v) is 3.34. The van der Waals surface area contributed by atoms with Gasteiger partial charge in [-0.1, -0.05) is 30.4 Å². The molecule has 0 fully saturated rings. The number of rotatable bonds is 8. The third kappa shape index (κ3) is 5.79. The van der Waals surface area contributed by atoms with Crippen LogP contribution in [0.3, 0.4) is 0 Å². The standard InChI is InChI=1S/C19H19F3O4/c1-23-12-25-17-10-7-15(11-18(17)26-13-24-2)4-3-14-5-8-16(9-6-14)19(20,21)22/h3-11H,12-13H2,1-2H3. The van der Waals surface area contributed by atoms with Crippen molar-refractivity contribution < 1.29 is 32.1 Å². The molecule has 0 radical (unpaired) electrons. The van der Waals surface area contributed by atoms with E-state index in [0.29, 0.717) is 17.1 Å². The average molecular weight is 368 g/mol. The van der Waals surface area contributed by atoms with Crippen LogP contribution in [-0.2, 0) is 15.7 Å². The summed E-state index contributed by atoms with van der Waals surface area (Å²) in [6, 6.07) is 10.2. The number of halogens is 3. The first kappa shape index (κ1) is 19.8. The van der Waals surface area contributed by atoms with Crippen LogP contribution in [0.25, 0.3) is 12.2 Å². The van der Waals surface area contributed by atoms with Crippen LogP contribution in [0.15, 0.2) is 42.5 Å². The Kier molecular flexibility index (Phi) is 7.06. The van der Waals surface area contributed by atoms with E-state index in [1.807, 2.05) is 0 Å². The topological polar surface area (TPSA) is 36.9 Å². The van der Waals surface area contributed by atoms with Gasteiger partial charge < -0.3 is 18.9 Å². The van der Waals surface area contributed by atoms with E-state index in [1.165, 1.54) is 26.4 Å². The lowest BCUT2D eigenvalue weighted by Gasteiger charge is -2.12. The SMILES string of the molecule is COCOc1ccc(C=Cc2ccc(C(F)(F)F)cc2)cc1OCOC. The Labute approximate surface area is 149 Å². The average Bonchev–Trinajstić information content (AvgIpc) is 2.63. The van der Waals surface area contributed by atoms with Crippen LogP contribution in [0, 0.1) is 0 Å². The minimum absolute atomic E-state index is 0.0510. The van der Waals surface area contributed by atoms with Gasteiger partial charge in [-0.3, -0.25) is 0 Å². The zero-order valence-corrected chi connectivity index (χ0v) is 14.4. The molecule has 0 heterocycles. The molecule has 2 aromatic carbocycles. The summed E-state index contributed by atoms with van der Waals surface area (Å²) in [5.74, 6) is 0.967. The highest BCUT2D eigenvalue weighted by molar-refractivity contribution is 5.71. The maximum absolute atomic E-state index is 12.6. The molecule has 0 N–H and O–H groups in total. The van der Waals surface area contributed by atoms with Gasteiger partial charge in [0.2, 0.25) is 0 Å². The highest BCUT2D eigenvalue weighted by Gasteiger charge is 2.29. The van der Waals surface area contributed by atoms with E-state index < -0.39 is 11.7 Å². The zero-order chi connectivity index (χ0) is 19.0. The van der Waals surface area contributed by atoms with Gasteiger partial charge in [0.1, 0.15) is 0 Å². The van der Waals surface area contributed by atoms with Crippen molar-refractivity contribution in [2.45, 2.75) is 6.18 Å². The van der Waals surface area contributed by atoms with Gasteiger partial charge >= 0.3 is 6.18 Å². The summed E-state index contributed by atoms with van der Waals surface area (Å²) >= 11 is 0. The summed E-state index contributed by atoms with van der Waals surface area (Å²) in [7, 11) is 3.01. The van der Waals surface area contributed by atoms with Crippen molar-refractivity contribution in [2.24, 2.45) is 0 Å². The largest absolute Gasteiger partial charge is 0.464 e. The monoisotopic (exact) mass is 368 g/mol. The summed E-state index contributed by atoms with van der Waals surface area (Å²) in [6.45, 7) is 0.125. The second-order valence-electron chi connectivity index (χ2n) is 5.26. The van der Waals surface area contributed by atoms with Gasteiger partial charge in [0.25, 0.3) is 0 Å².